The van der Waals surface area contributed by atoms with Gasteiger partial charge in [0.15, 0.2) is 0 Å². The van der Waals surface area contributed by atoms with Crippen molar-refractivity contribution in [3.63, 3.8) is 0 Å². The van der Waals surface area contributed by atoms with Crippen LogP contribution in [0, 0.1) is 11.3 Å². The molecule has 0 amide bonds. The summed E-state index contributed by atoms with van der Waals surface area (Å²) < 4.78 is 11.0. The van der Waals surface area contributed by atoms with Crippen LogP contribution in [0.5, 0.6) is 5.75 Å². The van der Waals surface area contributed by atoms with Crippen LogP contribution in [0.2, 0.25) is 0 Å². The summed E-state index contributed by atoms with van der Waals surface area (Å²) in [5.41, 5.74) is 0.569. The molecule has 0 spiro atoms. The number of aliphatic hydroxyl groups excluding tert-OH is 1. The van der Waals surface area contributed by atoms with Gasteiger partial charge in [0.2, 0.25) is 0 Å². The lowest BCUT2D eigenvalue weighted by molar-refractivity contribution is 0.0580. The molecule has 1 saturated heterocycles. The van der Waals surface area contributed by atoms with Crippen LogP contribution in [-0.2, 0) is 0 Å². The zero-order chi connectivity index (χ0) is 17.5. The van der Waals surface area contributed by atoms with Crippen LogP contribution < -0.4 is 4.74 Å². The van der Waals surface area contributed by atoms with Crippen LogP contribution in [-0.4, -0.2) is 60.8 Å². The molecule has 0 aliphatic carbocycles. The molecule has 6 nitrogen and oxygen atoms in total. The fraction of sp³-hybridized carbons (Fsp3) is 0.421. The minimum atomic E-state index is -0.577. The molecule has 2 aromatic rings. The van der Waals surface area contributed by atoms with Gasteiger partial charge in [0.1, 0.15) is 30.3 Å². The largest absolute Gasteiger partial charge is 0.491 e. The summed E-state index contributed by atoms with van der Waals surface area (Å²) in [7, 11) is 0. The highest BCUT2D eigenvalue weighted by atomic mass is 16.5. The minimum Gasteiger partial charge on any atom is -0.491 e. The Morgan fingerprint density at radius 3 is 2.60 bits per heavy atom. The van der Waals surface area contributed by atoms with Crippen LogP contribution >= 0.6 is 0 Å². The van der Waals surface area contributed by atoms with E-state index in [4.69, 9.17) is 14.4 Å². The van der Waals surface area contributed by atoms with Gasteiger partial charge in [-0.2, -0.15) is 5.26 Å². The highest BCUT2D eigenvalue weighted by molar-refractivity contribution is 5.42. The first-order valence-corrected chi connectivity index (χ1v) is 8.54. The molecule has 1 aromatic heterocycles. The number of ether oxygens (including phenoxy) is 1. The Morgan fingerprint density at radius 1 is 1.12 bits per heavy atom. The van der Waals surface area contributed by atoms with Gasteiger partial charge in [-0.1, -0.05) is 12.1 Å². The summed E-state index contributed by atoms with van der Waals surface area (Å²) in [5.74, 6) is 1.26. The van der Waals surface area contributed by atoms with Crippen LogP contribution in [0.25, 0.3) is 0 Å². The number of hydrogen-bond donors (Lipinski definition) is 1. The number of benzene rings is 1. The Morgan fingerprint density at radius 2 is 1.88 bits per heavy atom. The lowest BCUT2D eigenvalue weighted by Gasteiger charge is -2.35. The van der Waals surface area contributed by atoms with E-state index in [1.54, 1.807) is 24.5 Å². The Kier molecular flexibility index (Phi) is 6.07. The Balaban J connectivity index is 1.37. The van der Waals surface area contributed by atoms with Gasteiger partial charge < -0.3 is 14.3 Å². The van der Waals surface area contributed by atoms with Crippen LogP contribution in [0.1, 0.15) is 17.4 Å². The molecule has 0 saturated carbocycles. The normalized spacial score (nSPS) is 17.1. The van der Waals surface area contributed by atoms with Crippen molar-refractivity contribution in [2.75, 3.05) is 45.9 Å². The fourth-order valence-corrected chi connectivity index (χ4v) is 2.98. The zero-order valence-corrected chi connectivity index (χ0v) is 14.2. The lowest BCUT2D eigenvalue weighted by atomic mass is 10.2. The van der Waals surface area contributed by atoms with Crippen molar-refractivity contribution < 1.29 is 14.3 Å². The second-order valence-electron chi connectivity index (χ2n) is 6.13. The number of aliphatic hydroxyl groups is 1. The molecule has 1 fully saturated rings. The average molecular weight is 341 g/mol. The van der Waals surface area contributed by atoms with E-state index < -0.39 is 6.10 Å². The number of rotatable bonds is 7. The highest BCUT2D eigenvalue weighted by Crippen LogP contribution is 2.17. The molecule has 2 heterocycles. The maximum atomic E-state index is 10.1. The number of piperazine rings is 1. The predicted molar refractivity (Wildman–Crippen MR) is 93.2 cm³/mol. The van der Waals surface area contributed by atoms with E-state index in [0.717, 1.165) is 32.7 Å². The molecular formula is C19H23N3O3. The molecule has 25 heavy (non-hydrogen) atoms. The van der Waals surface area contributed by atoms with E-state index in [9.17, 15) is 5.11 Å². The first-order chi connectivity index (χ1) is 12.3. The lowest BCUT2D eigenvalue weighted by Crippen LogP contribution is -2.48. The van der Waals surface area contributed by atoms with Crippen molar-refractivity contribution in [2.24, 2.45) is 0 Å². The van der Waals surface area contributed by atoms with Gasteiger partial charge in [-0.3, -0.25) is 9.80 Å². The monoisotopic (exact) mass is 341 g/mol. The van der Waals surface area contributed by atoms with Crippen molar-refractivity contribution in [3.05, 3.63) is 54.0 Å². The van der Waals surface area contributed by atoms with Crippen LogP contribution in [0.3, 0.4) is 0 Å². The number of β-amino-alcohol motifs (C(OH)–C–C–N with tert-alkyl or cyclic N) is 1. The Labute approximate surface area is 147 Å². The molecule has 3 rings (SSSR count). The van der Waals surface area contributed by atoms with Crippen molar-refractivity contribution >= 4 is 0 Å². The first-order valence-electron chi connectivity index (χ1n) is 8.54. The van der Waals surface area contributed by atoms with Gasteiger partial charge in [-0.05, 0) is 24.3 Å². The third-order valence-electron chi connectivity index (χ3n) is 4.44. The van der Waals surface area contributed by atoms with Crippen LogP contribution in [0.4, 0.5) is 0 Å². The number of para-hydroxylation sites is 1. The van der Waals surface area contributed by atoms with E-state index in [-0.39, 0.29) is 0 Å². The zero-order valence-electron chi connectivity index (χ0n) is 14.2. The van der Waals surface area contributed by atoms with Gasteiger partial charge in [-0.25, -0.2) is 0 Å². The summed E-state index contributed by atoms with van der Waals surface area (Å²) in [6.07, 6.45) is 1.01. The number of furan rings is 1. The molecule has 6 heteroatoms. The predicted octanol–water partition coefficient (Wildman–Crippen LogP) is 1.88. The van der Waals surface area contributed by atoms with Gasteiger partial charge >= 0.3 is 0 Å². The molecule has 1 aliphatic rings. The fourth-order valence-electron chi connectivity index (χ4n) is 2.98. The smallest absolute Gasteiger partial charge is 0.137 e. The molecule has 1 aromatic carbocycles. The second-order valence-corrected chi connectivity index (χ2v) is 6.13. The second kappa shape index (κ2) is 8.67. The summed E-state index contributed by atoms with van der Waals surface area (Å²) >= 11 is 0. The number of nitrogens with zero attached hydrogens (tertiary/aromatic N) is 3. The molecule has 1 N–H and O–H groups in total. The molecule has 132 valence electrons. The number of nitriles is 1. The molecule has 1 atom stereocenters. The Hall–Kier alpha value is -2.33. The van der Waals surface area contributed by atoms with Crippen molar-refractivity contribution in [1.29, 1.82) is 5.26 Å². The summed E-state index contributed by atoms with van der Waals surface area (Å²) in [4.78, 5) is 4.58. The molecular weight excluding hydrogens is 318 g/mol. The third kappa shape index (κ3) is 4.83. The minimum absolute atomic E-state index is 0.563. The van der Waals surface area contributed by atoms with Crippen LogP contribution in [0.15, 0.2) is 47.1 Å². The van der Waals surface area contributed by atoms with E-state index in [1.165, 1.54) is 0 Å². The van der Waals surface area contributed by atoms with Crippen molar-refractivity contribution in [1.82, 2.24) is 9.80 Å². The van der Waals surface area contributed by atoms with E-state index in [1.807, 2.05) is 18.2 Å². The highest BCUT2D eigenvalue weighted by Gasteiger charge is 2.21. The maximum absolute atomic E-state index is 10.1. The molecule has 0 bridgehead atoms. The van der Waals surface area contributed by atoms with E-state index in [2.05, 4.69) is 15.9 Å². The van der Waals surface area contributed by atoms with Crippen molar-refractivity contribution in [2.45, 2.75) is 6.10 Å². The SMILES string of the molecule is N#Cc1ccccc1OCCN1CCN(C[C@@H](O)c2ccco2)CC1. The third-order valence-corrected chi connectivity index (χ3v) is 4.44. The number of hydrogen-bond acceptors (Lipinski definition) is 6. The van der Waals surface area contributed by atoms with Gasteiger partial charge in [0, 0.05) is 39.3 Å². The van der Waals surface area contributed by atoms with Gasteiger partial charge in [0.25, 0.3) is 0 Å². The van der Waals surface area contributed by atoms with E-state index in [0.29, 0.717) is 30.2 Å². The standard InChI is InChI=1S/C19H23N3O3/c20-14-16-4-1-2-5-18(16)25-13-11-21-7-9-22(10-8-21)15-17(23)19-6-3-12-24-19/h1-6,12,17,23H,7-11,13,15H2/t17-/m1/s1. The summed E-state index contributed by atoms with van der Waals surface area (Å²) in [6.45, 7) is 5.68. The van der Waals surface area contributed by atoms with Crippen molar-refractivity contribution in [3.8, 4) is 11.8 Å². The van der Waals surface area contributed by atoms with E-state index >= 15 is 0 Å². The molecule has 0 radical (unpaired) electrons. The van der Waals surface area contributed by atoms with Gasteiger partial charge in [-0.15, -0.1) is 0 Å². The summed E-state index contributed by atoms with van der Waals surface area (Å²) in [5, 5.41) is 19.2. The van der Waals surface area contributed by atoms with Gasteiger partial charge in [0.05, 0.1) is 11.8 Å². The quantitative estimate of drug-likeness (QED) is 0.829. The summed E-state index contributed by atoms with van der Waals surface area (Å²) in [6, 6.07) is 13.0. The molecule has 1 aliphatic heterocycles. The maximum Gasteiger partial charge on any atom is 0.137 e. The first kappa shape index (κ1) is 17.5. The topological polar surface area (TPSA) is 72.9 Å². The Bertz CT molecular complexity index is 688. The molecule has 0 unspecified atom stereocenters. The average Bonchev–Trinajstić information content (AvgIpc) is 3.18.